The Bertz CT molecular complexity index is 1710. The van der Waals surface area contributed by atoms with Crippen molar-refractivity contribution < 1.29 is 18.7 Å². The summed E-state index contributed by atoms with van der Waals surface area (Å²) in [4.78, 5) is 25.0. The average molecular weight is 554 g/mol. The van der Waals surface area contributed by atoms with Gasteiger partial charge in [-0.05, 0) is 24.3 Å². The molecule has 0 radical (unpaired) electrons. The van der Waals surface area contributed by atoms with Crippen LogP contribution in [-0.2, 0) is 4.79 Å². The Labute approximate surface area is 225 Å². The van der Waals surface area contributed by atoms with Gasteiger partial charge in [-0.2, -0.15) is 14.6 Å². The molecule has 0 aliphatic rings. The smallest absolute Gasteiger partial charge is 0.247 e. The molecule has 0 saturated heterocycles. The molecule has 0 unspecified atom stereocenters. The van der Waals surface area contributed by atoms with Crippen LogP contribution in [0.25, 0.3) is 27.8 Å². The van der Waals surface area contributed by atoms with Crippen LogP contribution in [0, 0.1) is 5.82 Å². The van der Waals surface area contributed by atoms with Crippen molar-refractivity contribution in [1.82, 2.24) is 24.6 Å². The highest BCUT2D eigenvalue weighted by Gasteiger charge is 2.23. The van der Waals surface area contributed by atoms with Crippen molar-refractivity contribution in [3.8, 4) is 22.6 Å². The molecule has 0 spiro atoms. The third kappa shape index (κ3) is 4.31. The zero-order chi connectivity index (χ0) is 27.0. The van der Waals surface area contributed by atoms with Crippen LogP contribution in [0.2, 0.25) is 10.0 Å². The van der Waals surface area contributed by atoms with Gasteiger partial charge in [0.1, 0.15) is 29.3 Å². The van der Waals surface area contributed by atoms with Gasteiger partial charge in [-0.15, -0.1) is 0 Å². The summed E-state index contributed by atoms with van der Waals surface area (Å²) in [5.41, 5.74) is 1.90. The first kappa shape index (κ1) is 25.2. The Hall–Kier alpha value is -4.48. The van der Waals surface area contributed by atoms with Gasteiger partial charge in [-0.1, -0.05) is 35.8 Å². The van der Waals surface area contributed by atoms with Crippen LogP contribution in [0.3, 0.4) is 0 Å². The van der Waals surface area contributed by atoms with E-state index in [0.29, 0.717) is 39.3 Å². The number of ether oxygens (including phenoxy) is 2. The predicted octanol–water partition coefficient (Wildman–Crippen LogP) is 5.67. The summed E-state index contributed by atoms with van der Waals surface area (Å²) < 4.78 is 27.0. The minimum atomic E-state index is -0.618. The number of hydrogen-bond donors (Lipinski definition) is 2. The van der Waals surface area contributed by atoms with E-state index in [1.54, 1.807) is 12.1 Å². The summed E-state index contributed by atoms with van der Waals surface area (Å²) in [6.45, 7) is 3.41. The number of rotatable bonds is 7. The summed E-state index contributed by atoms with van der Waals surface area (Å²) in [6, 6.07) is 7.58. The number of nitrogens with one attached hydrogen (secondary N) is 2. The maximum Gasteiger partial charge on any atom is 0.247 e. The molecule has 5 aromatic rings. The van der Waals surface area contributed by atoms with Gasteiger partial charge in [-0.3, -0.25) is 4.79 Å². The van der Waals surface area contributed by atoms with Crippen LogP contribution in [0.5, 0.6) is 11.5 Å². The van der Waals surface area contributed by atoms with Crippen LogP contribution >= 0.6 is 23.2 Å². The SMILES string of the molecule is C=CC(=O)Nc1cccc(F)c1Nc1ncc2cc(-c3c(Cl)c(OC)cc(OC)c3Cl)c3ncnn3c2n1. The Kier molecular flexibility index (Phi) is 6.70. The number of benzene rings is 2. The first-order valence-corrected chi connectivity index (χ1v) is 11.7. The number of methoxy groups -OCH3 is 2. The molecular formula is C25H18Cl2FN7O3. The first-order valence-electron chi connectivity index (χ1n) is 10.9. The maximum atomic E-state index is 14.7. The molecular weight excluding hydrogens is 536 g/mol. The van der Waals surface area contributed by atoms with E-state index in [1.165, 1.54) is 49.5 Å². The van der Waals surface area contributed by atoms with Gasteiger partial charge < -0.3 is 20.1 Å². The zero-order valence-electron chi connectivity index (χ0n) is 19.9. The highest BCUT2D eigenvalue weighted by atomic mass is 35.5. The molecule has 2 N–H and O–H groups in total. The van der Waals surface area contributed by atoms with Crippen LogP contribution in [0.1, 0.15) is 0 Å². The highest BCUT2D eigenvalue weighted by molar-refractivity contribution is 6.41. The lowest BCUT2D eigenvalue weighted by Gasteiger charge is -2.16. The number of pyridine rings is 1. The monoisotopic (exact) mass is 553 g/mol. The fourth-order valence-electron chi connectivity index (χ4n) is 3.87. The molecule has 3 aromatic heterocycles. The predicted molar refractivity (Wildman–Crippen MR) is 143 cm³/mol. The number of hydrogen-bond acceptors (Lipinski definition) is 8. The zero-order valence-corrected chi connectivity index (χ0v) is 21.4. The van der Waals surface area contributed by atoms with Crippen molar-refractivity contribution in [2.75, 3.05) is 24.9 Å². The average Bonchev–Trinajstić information content (AvgIpc) is 3.41. The number of nitrogens with zero attached hydrogens (tertiary/aromatic N) is 5. The molecule has 0 aliphatic heterocycles. The molecule has 0 fully saturated rings. The normalized spacial score (nSPS) is 11.0. The van der Waals surface area contributed by atoms with Crippen LogP contribution in [0.4, 0.5) is 21.7 Å². The third-order valence-corrected chi connectivity index (χ3v) is 6.37. The van der Waals surface area contributed by atoms with Crippen molar-refractivity contribution in [2.45, 2.75) is 0 Å². The summed E-state index contributed by atoms with van der Waals surface area (Å²) >= 11 is 13.3. The maximum absolute atomic E-state index is 14.7. The molecule has 2 aromatic carbocycles. The first-order chi connectivity index (χ1) is 18.4. The lowest BCUT2D eigenvalue weighted by Crippen LogP contribution is -2.11. The largest absolute Gasteiger partial charge is 0.495 e. The van der Waals surface area contributed by atoms with E-state index in [9.17, 15) is 9.18 Å². The number of fused-ring (bicyclic) bond motifs is 3. The van der Waals surface area contributed by atoms with E-state index < -0.39 is 11.7 Å². The molecule has 0 atom stereocenters. The second-order valence-electron chi connectivity index (χ2n) is 7.79. The number of carbonyl (C=O) groups excluding carboxylic acids is 1. The summed E-state index contributed by atoms with van der Waals surface area (Å²) in [5, 5.41) is 10.8. The van der Waals surface area contributed by atoms with E-state index in [0.717, 1.165) is 6.08 Å². The molecule has 38 heavy (non-hydrogen) atoms. The minimum Gasteiger partial charge on any atom is -0.495 e. The number of carbonyl (C=O) groups is 1. The van der Waals surface area contributed by atoms with Crippen LogP contribution in [0.15, 0.2) is 55.5 Å². The molecule has 1 amide bonds. The van der Waals surface area contributed by atoms with E-state index in [2.05, 4.69) is 37.3 Å². The van der Waals surface area contributed by atoms with Crippen molar-refractivity contribution in [1.29, 1.82) is 0 Å². The third-order valence-electron chi connectivity index (χ3n) is 5.62. The summed E-state index contributed by atoms with van der Waals surface area (Å²) in [7, 11) is 2.97. The number of amides is 1. The second kappa shape index (κ2) is 10.1. The fourth-order valence-corrected chi connectivity index (χ4v) is 4.58. The second-order valence-corrected chi connectivity index (χ2v) is 8.55. The molecule has 0 bridgehead atoms. The molecule has 10 nitrogen and oxygen atoms in total. The fraction of sp³-hybridized carbons (Fsp3) is 0.0800. The lowest BCUT2D eigenvalue weighted by atomic mass is 10.0. The standard InChI is InChI=1S/C25H18Cl2FN7O3/c1-4-18(36)32-15-7-5-6-14(28)22(15)33-25-29-10-12-8-13(24-30-11-31-35(24)23(12)34-25)19-20(26)16(37-2)9-17(38-3)21(19)27/h4-11H,1H2,2-3H3,(H,32,36)(H,29,33,34). The van der Waals surface area contributed by atoms with Crippen molar-refractivity contribution in [2.24, 2.45) is 0 Å². The number of halogens is 3. The van der Waals surface area contributed by atoms with E-state index >= 15 is 0 Å². The summed E-state index contributed by atoms with van der Waals surface area (Å²) in [5.74, 6) is -0.337. The van der Waals surface area contributed by atoms with E-state index in [4.69, 9.17) is 32.7 Å². The van der Waals surface area contributed by atoms with E-state index in [-0.39, 0.29) is 27.4 Å². The van der Waals surface area contributed by atoms with Crippen molar-refractivity contribution in [3.05, 3.63) is 71.4 Å². The Morgan fingerprint density at radius 2 is 1.84 bits per heavy atom. The highest BCUT2D eigenvalue weighted by Crippen LogP contribution is 2.47. The molecule has 3 heterocycles. The van der Waals surface area contributed by atoms with Crippen LogP contribution in [-0.4, -0.2) is 44.7 Å². The minimum absolute atomic E-state index is 0.0180. The number of aromatic nitrogens is 5. The van der Waals surface area contributed by atoms with Gasteiger partial charge >= 0.3 is 0 Å². The summed E-state index contributed by atoms with van der Waals surface area (Å²) in [6.07, 6.45) is 3.96. The van der Waals surface area contributed by atoms with Gasteiger partial charge in [0, 0.05) is 28.8 Å². The lowest BCUT2D eigenvalue weighted by molar-refractivity contribution is -0.111. The molecule has 5 rings (SSSR count). The van der Waals surface area contributed by atoms with E-state index in [1.807, 2.05) is 0 Å². The quantitative estimate of drug-likeness (QED) is 0.247. The van der Waals surface area contributed by atoms with Gasteiger partial charge in [0.05, 0.1) is 30.0 Å². The Morgan fingerprint density at radius 1 is 1.11 bits per heavy atom. The Morgan fingerprint density at radius 3 is 2.53 bits per heavy atom. The van der Waals surface area contributed by atoms with Crippen molar-refractivity contribution in [3.63, 3.8) is 0 Å². The van der Waals surface area contributed by atoms with Gasteiger partial charge in [0.2, 0.25) is 11.9 Å². The topological polar surface area (TPSA) is 116 Å². The molecule has 192 valence electrons. The molecule has 0 aliphatic carbocycles. The van der Waals surface area contributed by atoms with Crippen LogP contribution < -0.4 is 20.1 Å². The number of para-hydroxylation sites is 1. The Balaban J connectivity index is 1.66. The van der Waals surface area contributed by atoms with Crippen molar-refractivity contribution >= 4 is 63.1 Å². The molecule has 13 heteroatoms. The van der Waals surface area contributed by atoms with Gasteiger partial charge in [0.25, 0.3) is 0 Å². The van der Waals surface area contributed by atoms with Gasteiger partial charge in [-0.25, -0.2) is 14.4 Å². The molecule has 0 saturated carbocycles. The number of anilines is 3. The van der Waals surface area contributed by atoms with Gasteiger partial charge in [0.15, 0.2) is 11.3 Å².